The third kappa shape index (κ3) is 4.30. The molecule has 0 aliphatic carbocycles. The lowest BCUT2D eigenvalue weighted by Crippen LogP contribution is -2.07. The maximum absolute atomic E-state index is 11.4. The first-order chi connectivity index (χ1) is 9.90. The molecule has 0 fully saturated rings. The average molecular weight is 293 g/mol. The summed E-state index contributed by atoms with van der Waals surface area (Å²) in [5, 5.41) is 11.1. The maximum Gasteiger partial charge on any atom is 0.333 e. The van der Waals surface area contributed by atoms with Gasteiger partial charge in [-0.3, -0.25) is 10.1 Å². The van der Waals surface area contributed by atoms with Crippen LogP contribution in [0.15, 0.2) is 23.8 Å². The molecule has 0 saturated carbocycles. The summed E-state index contributed by atoms with van der Waals surface area (Å²) in [6.07, 6.45) is 2.08. The van der Waals surface area contributed by atoms with Gasteiger partial charge in [0.25, 0.3) is 0 Å². The fourth-order valence-electron chi connectivity index (χ4n) is 1.98. The molecule has 21 heavy (non-hydrogen) atoms. The highest BCUT2D eigenvalue weighted by molar-refractivity contribution is 5.88. The number of ether oxygens (including phenoxy) is 2. The number of benzene rings is 1. The molecule has 0 N–H and O–H groups in total. The van der Waals surface area contributed by atoms with Crippen LogP contribution in [-0.2, 0) is 9.53 Å². The Morgan fingerprint density at radius 2 is 2.05 bits per heavy atom. The number of methoxy groups -OCH3 is 1. The first-order valence-electron chi connectivity index (χ1n) is 6.56. The number of nitro groups is 1. The Hall–Kier alpha value is -2.37. The molecule has 0 heterocycles. The third-order valence-electron chi connectivity index (χ3n) is 2.98. The third-order valence-corrected chi connectivity index (χ3v) is 2.98. The normalized spacial score (nSPS) is 11.1. The van der Waals surface area contributed by atoms with Crippen molar-refractivity contribution in [2.75, 3.05) is 13.7 Å². The zero-order chi connectivity index (χ0) is 16.0. The monoisotopic (exact) mass is 293 g/mol. The molecule has 6 heteroatoms. The van der Waals surface area contributed by atoms with Crippen molar-refractivity contribution in [3.8, 4) is 5.75 Å². The number of carbonyl (C=O) groups excluding carboxylic acids is 1. The molecule has 0 radical (unpaired) electrons. The van der Waals surface area contributed by atoms with Crippen molar-refractivity contribution in [3.05, 3.63) is 45.0 Å². The highest BCUT2D eigenvalue weighted by Gasteiger charge is 2.18. The van der Waals surface area contributed by atoms with Gasteiger partial charge in [-0.2, -0.15) is 0 Å². The Morgan fingerprint density at radius 1 is 1.38 bits per heavy atom. The smallest absolute Gasteiger partial charge is 0.333 e. The van der Waals surface area contributed by atoms with Crippen LogP contribution in [0.3, 0.4) is 0 Å². The topological polar surface area (TPSA) is 78.7 Å². The molecule has 1 rings (SSSR count). The van der Waals surface area contributed by atoms with E-state index in [0.29, 0.717) is 17.6 Å². The molecule has 0 bridgehead atoms. The molecular formula is C15H19NO5. The molecule has 0 aromatic heterocycles. The van der Waals surface area contributed by atoms with Crippen LogP contribution in [0.4, 0.5) is 5.69 Å². The standard InChI is InChI=1S/C15H19NO5/c1-5-12(15(17)20-4)6-7-21-14-11(3)8-10(2)9-13(14)16(18)19/h6,8-9H,5,7H2,1-4H3. The Labute approximate surface area is 123 Å². The van der Waals surface area contributed by atoms with E-state index in [0.717, 1.165) is 5.56 Å². The van der Waals surface area contributed by atoms with E-state index in [-0.39, 0.29) is 18.0 Å². The Morgan fingerprint density at radius 3 is 2.57 bits per heavy atom. The molecule has 0 saturated heterocycles. The predicted molar refractivity (Wildman–Crippen MR) is 78.5 cm³/mol. The van der Waals surface area contributed by atoms with Crippen LogP contribution in [0, 0.1) is 24.0 Å². The van der Waals surface area contributed by atoms with Crippen molar-refractivity contribution < 1.29 is 19.2 Å². The van der Waals surface area contributed by atoms with Crippen molar-refractivity contribution in [3.63, 3.8) is 0 Å². The number of carbonyl (C=O) groups is 1. The lowest BCUT2D eigenvalue weighted by Gasteiger charge is -2.09. The highest BCUT2D eigenvalue weighted by Crippen LogP contribution is 2.32. The second kappa shape index (κ2) is 7.42. The summed E-state index contributed by atoms with van der Waals surface area (Å²) in [4.78, 5) is 22.0. The molecule has 0 spiro atoms. The molecule has 0 atom stereocenters. The summed E-state index contributed by atoms with van der Waals surface area (Å²) in [5.41, 5.74) is 1.89. The van der Waals surface area contributed by atoms with E-state index in [1.54, 1.807) is 19.9 Å². The van der Waals surface area contributed by atoms with Crippen LogP contribution < -0.4 is 4.74 Å². The molecule has 0 unspecified atom stereocenters. The first kappa shape index (κ1) is 16.7. The highest BCUT2D eigenvalue weighted by atomic mass is 16.6. The van der Waals surface area contributed by atoms with Gasteiger partial charge in [0.1, 0.15) is 6.61 Å². The first-order valence-corrected chi connectivity index (χ1v) is 6.56. The number of esters is 1. The average Bonchev–Trinajstić information content (AvgIpc) is 2.44. The van der Waals surface area contributed by atoms with E-state index >= 15 is 0 Å². The van der Waals surface area contributed by atoms with Gasteiger partial charge < -0.3 is 9.47 Å². The molecule has 0 amide bonds. The van der Waals surface area contributed by atoms with E-state index in [1.165, 1.54) is 13.2 Å². The largest absolute Gasteiger partial charge is 0.482 e. The lowest BCUT2D eigenvalue weighted by molar-refractivity contribution is -0.385. The van der Waals surface area contributed by atoms with Gasteiger partial charge >= 0.3 is 11.7 Å². The Bertz CT molecular complexity index is 578. The number of nitrogens with zero attached hydrogens (tertiary/aromatic N) is 1. The fourth-order valence-corrected chi connectivity index (χ4v) is 1.98. The van der Waals surface area contributed by atoms with Crippen molar-refractivity contribution in [1.82, 2.24) is 0 Å². The van der Waals surface area contributed by atoms with Gasteiger partial charge in [-0.1, -0.05) is 13.0 Å². The number of hydrogen-bond donors (Lipinski definition) is 0. The minimum Gasteiger partial charge on any atom is -0.482 e. The van der Waals surface area contributed by atoms with Crippen LogP contribution >= 0.6 is 0 Å². The number of hydrogen-bond acceptors (Lipinski definition) is 5. The van der Waals surface area contributed by atoms with E-state index in [9.17, 15) is 14.9 Å². The number of rotatable bonds is 6. The minimum absolute atomic E-state index is 0.0722. The number of nitro benzene ring substituents is 1. The van der Waals surface area contributed by atoms with Gasteiger partial charge in [-0.15, -0.1) is 0 Å². The molecule has 1 aromatic rings. The van der Waals surface area contributed by atoms with E-state index in [2.05, 4.69) is 4.74 Å². The SMILES string of the molecule is CCC(=CCOc1c(C)cc(C)cc1[N+](=O)[O-])C(=O)OC. The molecule has 6 nitrogen and oxygen atoms in total. The van der Waals surface area contributed by atoms with Crippen molar-refractivity contribution >= 4 is 11.7 Å². The second-order valence-corrected chi connectivity index (χ2v) is 4.57. The summed E-state index contributed by atoms with van der Waals surface area (Å²) in [5.74, 6) is -0.196. The van der Waals surface area contributed by atoms with Gasteiger partial charge in [-0.25, -0.2) is 4.79 Å². The van der Waals surface area contributed by atoms with Crippen LogP contribution in [0.2, 0.25) is 0 Å². The van der Waals surface area contributed by atoms with Crippen LogP contribution in [0.5, 0.6) is 5.75 Å². The summed E-state index contributed by atoms with van der Waals surface area (Å²) >= 11 is 0. The van der Waals surface area contributed by atoms with Gasteiger partial charge in [0.15, 0.2) is 5.75 Å². The van der Waals surface area contributed by atoms with E-state index < -0.39 is 10.9 Å². The summed E-state index contributed by atoms with van der Waals surface area (Å²) in [6, 6.07) is 3.28. The zero-order valence-corrected chi connectivity index (χ0v) is 12.6. The molecule has 0 aliphatic rings. The fraction of sp³-hybridized carbons (Fsp3) is 0.400. The minimum atomic E-state index is -0.472. The Kier molecular flexibility index (Phi) is 5.90. The van der Waals surface area contributed by atoms with Crippen molar-refractivity contribution in [1.29, 1.82) is 0 Å². The van der Waals surface area contributed by atoms with Crippen molar-refractivity contribution in [2.45, 2.75) is 27.2 Å². The summed E-state index contributed by atoms with van der Waals surface area (Å²) < 4.78 is 10.1. The summed E-state index contributed by atoms with van der Waals surface area (Å²) in [7, 11) is 1.31. The summed E-state index contributed by atoms with van der Waals surface area (Å²) in [6.45, 7) is 5.43. The number of aryl methyl sites for hydroxylation is 2. The molecular weight excluding hydrogens is 274 g/mol. The van der Waals surface area contributed by atoms with Gasteiger partial charge in [0, 0.05) is 11.6 Å². The zero-order valence-electron chi connectivity index (χ0n) is 12.6. The van der Waals surface area contributed by atoms with Crippen molar-refractivity contribution in [2.24, 2.45) is 0 Å². The molecule has 114 valence electrons. The second-order valence-electron chi connectivity index (χ2n) is 4.57. The van der Waals surface area contributed by atoms with Gasteiger partial charge in [-0.05, 0) is 37.5 Å². The van der Waals surface area contributed by atoms with Crippen LogP contribution in [0.25, 0.3) is 0 Å². The lowest BCUT2D eigenvalue weighted by atomic mass is 10.1. The maximum atomic E-state index is 11.4. The molecule has 0 aliphatic heterocycles. The predicted octanol–water partition coefficient (Wildman–Crippen LogP) is 3.10. The van der Waals surface area contributed by atoms with E-state index in [4.69, 9.17) is 4.74 Å². The van der Waals surface area contributed by atoms with Gasteiger partial charge in [0.2, 0.25) is 0 Å². The van der Waals surface area contributed by atoms with E-state index in [1.807, 2.05) is 13.0 Å². The van der Waals surface area contributed by atoms with Crippen LogP contribution in [-0.4, -0.2) is 24.6 Å². The van der Waals surface area contributed by atoms with Crippen LogP contribution in [0.1, 0.15) is 24.5 Å². The van der Waals surface area contributed by atoms with Gasteiger partial charge in [0.05, 0.1) is 12.0 Å². The quantitative estimate of drug-likeness (QED) is 0.348. The molecule has 1 aromatic carbocycles. The Balaban J connectivity index is 2.96.